The molecule has 0 unspecified atom stereocenters. The molecule has 1 heterocycles. The summed E-state index contributed by atoms with van der Waals surface area (Å²) in [6, 6.07) is 6.21. The number of non-ortho nitro benzene ring substituents is 1. The summed E-state index contributed by atoms with van der Waals surface area (Å²) >= 11 is 0. The van der Waals surface area contributed by atoms with Crippen molar-refractivity contribution < 1.29 is 9.72 Å². The van der Waals surface area contributed by atoms with E-state index in [2.05, 4.69) is 5.32 Å². The molecule has 2 rings (SSSR count). The summed E-state index contributed by atoms with van der Waals surface area (Å²) in [5.41, 5.74) is 0.877. The Labute approximate surface area is 124 Å². The zero-order chi connectivity index (χ0) is 15.2. The predicted molar refractivity (Wildman–Crippen MR) is 80.0 cm³/mol. The van der Waals surface area contributed by atoms with Gasteiger partial charge >= 0.3 is 0 Å². The van der Waals surface area contributed by atoms with Crippen molar-refractivity contribution in [1.82, 2.24) is 10.2 Å². The highest BCUT2D eigenvalue weighted by Gasteiger charge is 2.22. The maximum absolute atomic E-state index is 12.2. The van der Waals surface area contributed by atoms with Crippen LogP contribution >= 0.6 is 0 Å². The number of benzene rings is 1. The Kier molecular flexibility index (Phi) is 5.27. The van der Waals surface area contributed by atoms with Crippen LogP contribution in [0.15, 0.2) is 24.3 Å². The number of nitro benzene ring substituents is 1. The van der Waals surface area contributed by atoms with Crippen molar-refractivity contribution in [2.75, 3.05) is 26.7 Å². The molecule has 0 atom stereocenters. The van der Waals surface area contributed by atoms with E-state index >= 15 is 0 Å². The second-order valence-corrected chi connectivity index (χ2v) is 5.48. The fourth-order valence-corrected chi connectivity index (χ4v) is 2.70. The van der Waals surface area contributed by atoms with Gasteiger partial charge in [0, 0.05) is 25.2 Å². The minimum atomic E-state index is -0.432. The predicted octanol–water partition coefficient (Wildman–Crippen LogP) is 1.60. The lowest BCUT2D eigenvalue weighted by molar-refractivity contribution is -0.384. The average molecular weight is 291 g/mol. The van der Waals surface area contributed by atoms with Crippen molar-refractivity contribution in [3.8, 4) is 0 Å². The van der Waals surface area contributed by atoms with Gasteiger partial charge in [0.05, 0.1) is 11.3 Å². The molecule has 1 aromatic carbocycles. The van der Waals surface area contributed by atoms with Gasteiger partial charge in [0.15, 0.2) is 0 Å². The Morgan fingerprint density at radius 2 is 1.95 bits per heavy atom. The van der Waals surface area contributed by atoms with Gasteiger partial charge in [-0.2, -0.15) is 0 Å². The number of hydrogen-bond donors (Lipinski definition) is 1. The normalized spacial score (nSPS) is 16.0. The maximum Gasteiger partial charge on any atom is 0.269 e. The van der Waals surface area contributed by atoms with Crippen LogP contribution in [0.25, 0.3) is 0 Å². The molecule has 1 amide bonds. The quantitative estimate of drug-likeness (QED) is 0.660. The van der Waals surface area contributed by atoms with Crippen molar-refractivity contribution in [2.45, 2.75) is 19.3 Å². The topological polar surface area (TPSA) is 75.5 Å². The molecule has 6 nitrogen and oxygen atoms in total. The number of rotatable bonds is 5. The van der Waals surface area contributed by atoms with Gasteiger partial charge in [-0.25, -0.2) is 0 Å². The zero-order valence-electron chi connectivity index (χ0n) is 12.2. The Morgan fingerprint density at radius 3 is 2.48 bits per heavy atom. The van der Waals surface area contributed by atoms with Crippen molar-refractivity contribution in [3.63, 3.8) is 0 Å². The van der Waals surface area contributed by atoms with Crippen LogP contribution in [0.4, 0.5) is 5.69 Å². The molecule has 0 saturated carbocycles. The molecule has 6 heteroatoms. The van der Waals surface area contributed by atoms with E-state index in [9.17, 15) is 14.9 Å². The number of piperidine rings is 1. The summed E-state index contributed by atoms with van der Waals surface area (Å²) in [6.07, 6.45) is 2.38. The summed E-state index contributed by atoms with van der Waals surface area (Å²) in [6.45, 7) is 2.61. The minimum Gasteiger partial charge on any atom is -0.342 e. The van der Waals surface area contributed by atoms with E-state index in [1.165, 1.54) is 12.1 Å². The van der Waals surface area contributed by atoms with Crippen molar-refractivity contribution >= 4 is 11.6 Å². The summed E-state index contributed by atoms with van der Waals surface area (Å²) < 4.78 is 0. The molecular weight excluding hydrogens is 270 g/mol. The third-order valence-corrected chi connectivity index (χ3v) is 3.96. The Morgan fingerprint density at radius 1 is 1.33 bits per heavy atom. The molecule has 0 aliphatic carbocycles. The largest absolute Gasteiger partial charge is 0.342 e. The van der Waals surface area contributed by atoms with Gasteiger partial charge in [0.25, 0.3) is 5.69 Å². The van der Waals surface area contributed by atoms with E-state index < -0.39 is 4.92 Å². The monoisotopic (exact) mass is 291 g/mol. The number of amides is 1. The molecule has 1 N–H and O–H groups in total. The number of nitrogens with one attached hydrogen (secondary N) is 1. The first kappa shape index (κ1) is 15.4. The molecule has 21 heavy (non-hydrogen) atoms. The van der Waals surface area contributed by atoms with E-state index in [1.54, 1.807) is 12.1 Å². The third-order valence-electron chi connectivity index (χ3n) is 3.96. The van der Waals surface area contributed by atoms with Crippen molar-refractivity contribution in [2.24, 2.45) is 5.92 Å². The third kappa shape index (κ3) is 4.26. The van der Waals surface area contributed by atoms with Gasteiger partial charge in [-0.15, -0.1) is 0 Å². The van der Waals surface area contributed by atoms with Crippen LogP contribution in [-0.2, 0) is 11.2 Å². The van der Waals surface area contributed by atoms with E-state index in [0.29, 0.717) is 12.3 Å². The first-order valence-corrected chi connectivity index (χ1v) is 7.26. The second kappa shape index (κ2) is 7.17. The van der Waals surface area contributed by atoms with Gasteiger partial charge in [-0.05, 0) is 37.9 Å². The lowest BCUT2D eigenvalue weighted by atomic mass is 9.96. The zero-order valence-corrected chi connectivity index (χ0v) is 12.2. The van der Waals surface area contributed by atoms with Crippen LogP contribution in [0.2, 0.25) is 0 Å². The van der Waals surface area contributed by atoms with Crippen LogP contribution in [-0.4, -0.2) is 42.4 Å². The molecule has 0 aromatic heterocycles. The number of likely N-dealkylation sites (tertiary alicyclic amines) is 1. The molecular formula is C15H21N3O3. The van der Waals surface area contributed by atoms with Crippen molar-refractivity contribution in [3.05, 3.63) is 39.9 Å². The number of nitro groups is 1. The van der Waals surface area contributed by atoms with Gasteiger partial charge < -0.3 is 10.2 Å². The van der Waals surface area contributed by atoms with E-state index in [-0.39, 0.29) is 11.6 Å². The number of hydrogen-bond acceptors (Lipinski definition) is 4. The Bertz CT molecular complexity index is 493. The molecule has 0 radical (unpaired) electrons. The van der Waals surface area contributed by atoms with E-state index in [0.717, 1.165) is 38.0 Å². The summed E-state index contributed by atoms with van der Waals surface area (Å²) in [4.78, 5) is 24.3. The lowest BCUT2D eigenvalue weighted by Gasteiger charge is -2.32. The Hall–Kier alpha value is -1.95. The van der Waals surface area contributed by atoms with Gasteiger partial charge in [-0.3, -0.25) is 14.9 Å². The second-order valence-electron chi connectivity index (χ2n) is 5.48. The van der Waals surface area contributed by atoms with Crippen LogP contribution < -0.4 is 5.32 Å². The summed E-state index contributed by atoms with van der Waals surface area (Å²) in [5, 5.41) is 13.8. The molecule has 0 spiro atoms. The molecule has 114 valence electrons. The first-order valence-electron chi connectivity index (χ1n) is 7.26. The molecule has 1 aliphatic heterocycles. The highest BCUT2D eigenvalue weighted by atomic mass is 16.6. The number of nitrogens with zero attached hydrogens (tertiary/aromatic N) is 2. The van der Waals surface area contributed by atoms with Crippen LogP contribution in [0.5, 0.6) is 0 Å². The van der Waals surface area contributed by atoms with E-state index in [1.807, 2.05) is 11.9 Å². The van der Waals surface area contributed by atoms with Crippen LogP contribution in [0.3, 0.4) is 0 Å². The molecule has 0 bridgehead atoms. The van der Waals surface area contributed by atoms with Crippen molar-refractivity contribution in [1.29, 1.82) is 0 Å². The fourth-order valence-electron chi connectivity index (χ4n) is 2.70. The highest BCUT2D eigenvalue weighted by Crippen LogP contribution is 2.18. The minimum absolute atomic E-state index is 0.0547. The molecule has 1 aromatic rings. The summed E-state index contributed by atoms with van der Waals surface area (Å²) in [5.74, 6) is 0.755. The lowest BCUT2D eigenvalue weighted by Crippen LogP contribution is -2.41. The smallest absolute Gasteiger partial charge is 0.269 e. The highest BCUT2D eigenvalue weighted by molar-refractivity contribution is 5.78. The van der Waals surface area contributed by atoms with E-state index in [4.69, 9.17) is 0 Å². The van der Waals surface area contributed by atoms with Gasteiger partial charge in [0.1, 0.15) is 0 Å². The standard InChI is InChI=1S/C15H21N3O3/c1-16-11-13-6-8-17(9-7-13)15(19)10-12-2-4-14(5-3-12)18(20)21/h2-5,13,16H,6-11H2,1H3. The van der Waals surface area contributed by atoms with Gasteiger partial charge in [-0.1, -0.05) is 12.1 Å². The molecule has 1 saturated heterocycles. The first-order chi connectivity index (χ1) is 10.1. The molecule has 1 aliphatic rings. The van der Waals surface area contributed by atoms with Gasteiger partial charge in [0.2, 0.25) is 5.91 Å². The average Bonchev–Trinajstić information content (AvgIpc) is 2.49. The SMILES string of the molecule is CNCC1CCN(C(=O)Cc2ccc([N+](=O)[O-])cc2)CC1. The fraction of sp³-hybridized carbons (Fsp3) is 0.533. The van der Waals surface area contributed by atoms with Crippen LogP contribution in [0, 0.1) is 16.0 Å². The maximum atomic E-state index is 12.2. The summed E-state index contributed by atoms with van der Waals surface area (Å²) in [7, 11) is 1.95. The Balaban J connectivity index is 1.86. The number of carbonyl (C=O) groups excluding carboxylic acids is 1. The molecule has 1 fully saturated rings. The van der Waals surface area contributed by atoms with Crippen LogP contribution in [0.1, 0.15) is 18.4 Å². The number of carbonyl (C=O) groups is 1.